The van der Waals surface area contributed by atoms with Gasteiger partial charge in [0.2, 0.25) is 11.7 Å². The molecule has 3 heterocycles. The van der Waals surface area contributed by atoms with Crippen molar-refractivity contribution >= 4 is 5.91 Å². The molecule has 0 radical (unpaired) electrons. The molecule has 0 aromatic carbocycles. The van der Waals surface area contributed by atoms with Crippen molar-refractivity contribution in [3.8, 4) is 0 Å². The zero-order valence-electron chi connectivity index (χ0n) is 8.79. The molecular formula is C9H15NO6. The molecule has 0 saturated carbocycles. The van der Waals surface area contributed by atoms with Gasteiger partial charge in [-0.1, -0.05) is 0 Å². The molecule has 7 heteroatoms. The van der Waals surface area contributed by atoms with E-state index in [1.165, 1.54) is 7.05 Å². The standard InChI is InChI=1S/C9H15NO6/c1-10-6(12)2-4-7-8(13)9(14,16-7)5(3-11)15-4/h4-5,7-8,11,13-14H,2-3H2,1H3,(H,10,12)/t4?,5?,7-,8?,9?/m1/s1. The number of aliphatic hydroxyl groups excluding tert-OH is 2. The van der Waals surface area contributed by atoms with Gasteiger partial charge in [0.1, 0.15) is 18.3 Å². The van der Waals surface area contributed by atoms with Crippen molar-refractivity contribution in [1.29, 1.82) is 0 Å². The summed E-state index contributed by atoms with van der Waals surface area (Å²) in [5, 5.41) is 30.8. The van der Waals surface area contributed by atoms with Gasteiger partial charge in [-0.25, -0.2) is 0 Å². The second-order valence-corrected chi connectivity index (χ2v) is 4.00. The summed E-state index contributed by atoms with van der Waals surface area (Å²) in [6.45, 7) is -0.482. The van der Waals surface area contributed by atoms with Crippen molar-refractivity contribution < 1.29 is 29.6 Å². The molecule has 3 aliphatic heterocycles. The van der Waals surface area contributed by atoms with Crippen LogP contribution in [0.1, 0.15) is 6.42 Å². The minimum absolute atomic E-state index is 0.0187. The second kappa shape index (κ2) is 3.94. The van der Waals surface area contributed by atoms with E-state index in [-0.39, 0.29) is 12.3 Å². The number of carbonyl (C=O) groups excluding carboxylic acids is 1. The Bertz CT molecular complexity index is 298. The van der Waals surface area contributed by atoms with E-state index >= 15 is 0 Å². The minimum atomic E-state index is -1.83. The molecule has 2 bridgehead atoms. The van der Waals surface area contributed by atoms with E-state index in [4.69, 9.17) is 14.6 Å². The number of carbonyl (C=O) groups is 1. The Kier molecular flexibility index (Phi) is 2.89. The molecule has 3 fully saturated rings. The van der Waals surface area contributed by atoms with Gasteiger partial charge in [0, 0.05) is 7.05 Å². The summed E-state index contributed by atoms with van der Waals surface area (Å²) in [7, 11) is 1.49. The van der Waals surface area contributed by atoms with Crippen molar-refractivity contribution in [2.75, 3.05) is 13.7 Å². The van der Waals surface area contributed by atoms with E-state index in [0.717, 1.165) is 0 Å². The van der Waals surface area contributed by atoms with Gasteiger partial charge in [-0.3, -0.25) is 4.79 Å². The first-order valence-corrected chi connectivity index (χ1v) is 5.08. The van der Waals surface area contributed by atoms with Crippen LogP contribution < -0.4 is 5.32 Å². The summed E-state index contributed by atoms with van der Waals surface area (Å²) in [6, 6.07) is 0. The highest BCUT2D eigenvalue weighted by Crippen LogP contribution is 2.43. The number of fused-ring (bicyclic) bond motifs is 2. The molecule has 4 unspecified atom stereocenters. The van der Waals surface area contributed by atoms with Crippen molar-refractivity contribution in [3.63, 3.8) is 0 Å². The van der Waals surface area contributed by atoms with Crippen molar-refractivity contribution in [2.45, 2.75) is 36.6 Å². The maximum Gasteiger partial charge on any atom is 0.224 e. The monoisotopic (exact) mass is 233 g/mol. The van der Waals surface area contributed by atoms with Crippen LogP contribution >= 0.6 is 0 Å². The average Bonchev–Trinajstić information content (AvgIpc) is 2.29. The van der Waals surface area contributed by atoms with Gasteiger partial charge >= 0.3 is 0 Å². The predicted octanol–water partition coefficient (Wildman–Crippen LogP) is -2.67. The lowest BCUT2D eigenvalue weighted by molar-refractivity contribution is -0.472. The van der Waals surface area contributed by atoms with Crippen LogP contribution in [-0.2, 0) is 14.3 Å². The third-order valence-corrected chi connectivity index (χ3v) is 3.06. The molecule has 3 saturated heterocycles. The Morgan fingerprint density at radius 3 is 2.75 bits per heavy atom. The lowest BCUT2D eigenvalue weighted by Gasteiger charge is -2.58. The van der Waals surface area contributed by atoms with Gasteiger partial charge in [0.25, 0.3) is 0 Å². The molecular weight excluding hydrogens is 218 g/mol. The summed E-state index contributed by atoms with van der Waals surface area (Å²) in [4.78, 5) is 11.2. The third-order valence-electron chi connectivity index (χ3n) is 3.06. The Morgan fingerprint density at radius 2 is 2.25 bits per heavy atom. The first-order valence-electron chi connectivity index (χ1n) is 5.08. The molecule has 4 N–H and O–H groups in total. The Morgan fingerprint density at radius 1 is 1.56 bits per heavy atom. The van der Waals surface area contributed by atoms with Crippen LogP contribution in [0.5, 0.6) is 0 Å². The van der Waals surface area contributed by atoms with E-state index in [2.05, 4.69) is 5.32 Å². The quantitative estimate of drug-likeness (QED) is 0.423. The van der Waals surface area contributed by atoms with Crippen molar-refractivity contribution in [1.82, 2.24) is 5.32 Å². The number of hydrogen-bond donors (Lipinski definition) is 4. The van der Waals surface area contributed by atoms with E-state index in [1.807, 2.05) is 0 Å². The summed E-state index contributed by atoms with van der Waals surface area (Å²) >= 11 is 0. The summed E-state index contributed by atoms with van der Waals surface area (Å²) in [5.41, 5.74) is 0. The largest absolute Gasteiger partial charge is 0.393 e. The van der Waals surface area contributed by atoms with E-state index in [9.17, 15) is 15.0 Å². The molecule has 0 aromatic rings. The zero-order valence-corrected chi connectivity index (χ0v) is 8.79. The highest BCUT2D eigenvalue weighted by Gasteiger charge is 2.66. The van der Waals surface area contributed by atoms with Crippen LogP contribution in [-0.4, -0.2) is 65.1 Å². The fourth-order valence-electron chi connectivity index (χ4n) is 2.07. The zero-order chi connectivity index (χ0) is 11.9. The van der Waals surface area contributed by atoms with Gasteiger partial charge in [-0.2, -0.15) is 0 Å². The smallest absolute Gasteiger partial charge is 0.224 e. The van der Waals surface area contributed by atoms with Crippen molar-refractivity contribution in [3.05, 3.63) is 0 Å². The van der Waals surface area contributed by atoms with Crippen LogP contribution in [0, 0.1) is 0 Å². The molecule has 3 aliphatic rings. The van der Waals surface area contributed by atoms with Crippen LogP contribution in [0.4, 0.5) is 0 Å². The molecule has 5 atom stereocenters. The van der Waals surface area contributed by atoms with E-state index in [1.54, 1.807) is 0 Å². The average molecular weight is 233 g/mol. The fourth-order valence-corrected chi connectivity index (χ4v) is 2.07. The van der Waals surface area contributed by atoms with Crippen LogP contribution in [0.15, 0.2) is 0 Å². The number of rotatable bonds is 3. The van der Waals surface area contributed by atoms with E-state index in [0.29, 0.717) is 0 Å². The third kappa shape index (κ3) is 1.52. The maximum atomic E-state index is 11.2. The molecule has 92 valence electrons. The van der Waals surface area contributed by atoms with Crippen LogP contribution in [0.3, 0.4) is 0 Å². The fraction of sp³-hybridized carbons (Fsp3) is 0.889. The highest BCUT2D eigenvalue weighted by atomic mass is 16.7. The normalized spacial score (nSPS) is 46.0. The molecule has 1 amide bonds. The molecule has 7 nitrogen and oxygen atoms in total. The minimum Gasteiger partial charge on any atom is -0.393 e. The van der Waals surface area contributed by atoms with Gasteiger partial charge in [-0.05, 0) is 0 Å². The van der Waals surface area contributed by atoms with Crippen LogP contribution in [0.25, 0.3) is 0 Å². The number of nitrogens with one attached hydrogen (secondary N) is 1. The first-order chi connectivity index (χ1) is 7.52. The van der Waals surface area contributed by atoms with Crippen molar-refractivity contribution in [2.24, 2.45) is 0 Å². The van der Waals surface area contributed by atoms with E-state index < -0.39 is 36.8 Å². The SMILES string of the molecule is CNC(=O)CC1OC(CO)C2(O)O[C@H]1C2O. The number of hydrogen-bond acceptors (Lipinski definition) is 6. The summed E-state index contributed by atoms with van der Waals surface area (Å²) in [5.74, 6) is -2.09. The Hall–Kier alpha value is -0.730. The lowest BCUT2D eigenvalue weighted by atomic mass is 9.84. The molecule has 0 aliphatic carbocycles. The number of aliphatic hydroxyl groups is 3. The molecule has 0 spiro atoms. The Balaban J connectivity index is 2.05. The Labute approximate surface area is 92.0 Å². The number of ether oxygens (including phenoxy) is 2. The maximum absolute atomic E-state index is 11.2. The lowest BCUT2D eigenvalue weighted by Crippen LogP contribution is -2.79. The topological polar surface area (TPSA) is 108 Å². The summed E-state index contributed by atoms with van der Waals surface area (Å²) < 4.78 is 10.4. The van der Waals surface area contributed by atoms with Gasteiger partial charge in [0.05, 0.1) is 19.1 Å². The van der Waals surface area contributed by atoms with Gasteiger partial charge in [0.15, 0.2) is 0 Å². The molecule has 16 heavy (non-hydrogen) atoms. The number of amides is 1. The highest BCUT2D eigenvalue weighted by molar-refractivity contribution is 5.76. The van der Waals surface area contributed by atoms with Gasteiger partial charge in [-0.15, -0.1) is 0 Å². The second-order valence-electron chi connectivity index (χ2n) is 4.00. The summed E-state index contributed by atoms with van der Waals surface area (Å²) in [6.07, 6.45) is -3.51. The van der Waals surface area contributed by atoms with Gasteiger partial charge < -0.3 is 30.1 Å². The first kappa shape index (κ1) is 11.7. The predicted molar refractivity (Wildman–Crippen MR) is 50.3 cm³/mol. The van der Waals surface area contributed by atoms with Crippen LogP contribution in [0.2, 0.25) is 0 Å². The molecule has 3 rings (SSSR count). The molecule has 0 aromatic heterocycles.